The van der Waals surface area contributed by atoms with E-state index in [4.69, 9.17) is 15.2 Å². The molecule has 1 saturated heterocycles. The van der Waals surface area contributed by atoms with Crippen molar-refractivity contribution in [1.29, 1.82) is 0 Å². The molecule has 5 N–H and O–H groups in total. The van der Waals surface area contributed by atoms with Crippen LogP contribution >= 0.6 is 0 Å². The van der Waals surface area contributed by atoms with Crippen LogP contribution < -0.4 is 10.6 Å². The highest BCUT2D eigenvalue weighted by molar-refractivity contribution is 6.40. The molecular weight excluding hydrogens is 311 g/mol. The van der Waals surface area contributed by atoms with Crippen LogP contribution in [0, 0.1) is 5.92 Å². The molecule has 1 aliphatic heterocycles. The van der Waals surface area contributed by atoms with Gasteiger partial charge in [0.05, 0.1) is 0 Å². The molecule has 0 saturated carbocycles. The number of aliphatic carboxylic acids is 1. The number of carbonyl (C=O) groups is 2. The largest absolute Gasteiger partial charge is 0.480 e. The first-order valence-corrected chi connectivity index (χ1v) is 8.87. The standard InChI is InChI=1S/C11H20N2O3.C5H13BO2/c1-7(2)5-10(14)13-8-3-4-12-9(6-8)11(15)16;1-2-3-4-5-6(7)8/h7-9,12H,3-6H2,1-2H3,(H,13,14)(H,15,16);7-8H,2-5H2,1H3. The fourth-order valence-electron chi connectivity index (χ4n) is 2.47. The molecule has 1 amide bonds. The summed E-state index contributed by atoms with van der Waals surface area (Å²) < 4.78 is 0. The van der Waals surface area contributed by atoms with Crippen LogP contribution in [0.15, 0.2) is 0 Å². The number of amides is 1. The van der Waals surface area contributed by atoms with E-state index < -0.39 is 19.1 Å². The van der Waals surface area contributed by atoms with Crippen LogP contribution in [0.5, 0.6) is 0 Å². The normalized spacial score (nSPS) is 20.1. The van der Waals surface area contributed by atoms with Gasteiger partial charge in [0.25, 0.3) is 0 Å². The monoisotopic (exact) mass is 344 g/mol. The number of carboxylic acid groups (broad SMARTS) is 1. The lowest BCUT2D eigenvalue weighted by Crippen LogP contribution is -2.50. The first-order valence-electron chi connectivity index (χ1n) is 8.87. The van der Waals surface area contributed by atoms with Gasteiger partial charge in [-0.25, -0.2) is 0 Å². The molecule has 0 aromatic rings. The molecule has 0 spiro atoms. The Balaban J connectivity index is 0.000000561. The van der Waals surface area contributed by atoms with Gasteiger partial charge in [0, 0.05) is 12.5 Å². The van der Waals surface area contributed by atoms with Crippen molar-refractivity contribution in [2.24, 2.45) is 5.92 Å². The second-order valence-corrected chi connectivity index (χ2v) is 6.71. The topological polar surface area (TPSA) is 119 Å². The highest BCUT2D eigenvalue weighted by Gasteiger charge is 2.27. The van der Waals surface area contributed by atoms with Gasteiger partial charge in [0.15, 0.2) is 0 Å². The van der Waals surface area contributed by atoms with Crippen molar-refractivity contribution < 1.29 is 24.7 Å². The average molecular weight is 344 g/mol. The number of unbranched alkanes of at least 4 members (excludes halogenated alkanes) is 2. The summed E-state index contributed by atoms with van der Waals surface area (Å²) >= 11 is 0. The fourth-order valence-corrected chi connectivity index (χ4v) is 2.47. The smallest absolute Gasteiger partial charge is 0.451 e. The van der Waals surface area contributed by atoms with Crippen LogP contribution in [-0.4, -0.2) is 52.8 Å². The van der Waals surface area contributed by atoms with E-state index in [2.05, 4.69) is 17.6 Å². The second kappa shape index (κ2) is 13.2. The number of rotatable bonds is 8. The Bertz CT molecular complexity index is 366. The zero-order valence-corrected chi connectivity index (χ0v) is 15.1. The third-order valence-corrected chi connectivity index (χ3v) is 3.73. The molecule has 7 nitrogen and oxygen atoms in total. The van der Waals surface area contributed by atoms with Crippen molar-refractivity contribution in [3.8, 4) is 0 Å². The van der Waals surface area contributed by atoms with Crippen molar-refractivity contribution in [3.63, 3.8) is 0 Å². The van der Waals surface area contributed by atoms with E-state index >= 15 is 0 Å². The van der Waals surface area contributed by atoms with Crippen LogP contribution in [-0.2, 0) is 9.59 Å². The Labute approximate surface area is 145 Å². The minimum absolute atomic E-state index is 0.00593. The lowest BCUT2D eigenvalue weighted by molar-refractivity contribution is -0.140. The molecule has 1 fully saturated rings. The van der Waals surface area contributed by atoms with E-state index in [0.717, 1.165) is 25.7 Å². The maximum Gasteiger partial charge on any atom is 0.451 e. The summed E-state index contributed by atoms with van der Waals surface area (Å²) in [5, 5.41) is 31.3. The van der Waals surface area contributed by atoms with E-state index in [1.54, 1.807) is 0 Å². The maximum absolute atomic E-state index is 11.5. The van der Waals surface area contributed by atoms with Gasteiger partial charge in [-0.1, -0.05) is 40.0 Å². The number of carbonyl (C=O) groups excluding carboxylic acids is 1. The Morgan fingerprint density at radius 2 is 1.96 bits per heavy atom. The van der Waals surface area contributed by atoms with Crippen LogP contribution in [0.25, 0.3) is 0 Å². The summed E-state index contributed by atoms with van der Waals surface area (Å²) in [5.74, 6) is -0.495. The highest BCUT2D eigenvalue weighted by atomic mass is 16.4. The molecule has 1 rings (SSSR count). The predicted molar refractivity (Wildman–Crippen MR) is 94.6 cm³/mol. The summed E-state index contributed by atoms with van der Waals surface area (Å²) in [5.41, 5.74) is 0. The van der Waals surface area contributed by atoms with E-state index in [1.165, 1.54) is 0 Å². The van der Waals surface area contributed by atoms with Gasteiger partial charge < -0.3 is 25.8 Å². The van der Waals surface area contributed by atoms with Gasteiger partial charge in [-0.05, 0) is 31.6 Å². The van der Waals surface area contributed by atoms with E-state index in [1.807, 2.05) is 13.8 Å². The number of carboxylic acids is 1. The van der Waals surface area contributed by atoms with E-state index in [0.29, 0.717) is 31.6 Å². The minimum Gasteiger partial charge on any atom is -0.480 e. The molecule has 1 aliphatic rings. The van der Waals surface area contributed by atoms with Crippen LogP contribution in [0.1, 0.15) is 59.3 Å². The molecule has 0 aliphatic carbocycles. The summed E-state index contributed by atoms with van der Waals surface area (Å²) in [6, 6.07) is -0.535. The summed E-state index contributed by atoms with van der Waals surface area (Å²) in [4.78, 5) is 22.3. The van der Waals surface area contributed by atoms with Gasteiger partial charge in [0.1, 0.15) is 6.04 Å². The predicted octanol–water partition coefficient (Wildman–Crippen LogP) is 1.00. The van der Waals surface area contributed by atoms with Gasteiger partial charge in [-0.3, -0.25) is 9.59 Å². The Morgan fingerprint density at radius 3 is 2.46 bits per heavy atom. The molecule has 0 bridgehead atoms. The first kappa shape index (κ1) is 22.9. The first-order chi connectivity index (χ1) is 11.3. The molecule has 2 unspecified atom stereocenters. The van der Waals surface area contributed by atoms with Crippen molar-refractivity contribution in [2.45, 2.75) is 77.7 Å². The Hall–Kier alpha value is -1.12. The van der Waals surface area contributed by atoms with Gasteiger partial charge >= 0.3 is 13.1 Å². The molecule has 140 valence electrons. The highest BCUT2D eigenvalue weighted by Crippen LogP contribution is 2.10. The lowest BCUT2D eigenvalue weighted by Gasteiger charge is -2.28. The summed E-state index contributed by atoms with van der Waals surface area (Å²) in [6.07, 6.45) is 5.45. The third-order valence-electron chi connectivity index (χ3n) is 3.73. The van der Waals surface area contributed by atoms with E-state index in [-0.39, 0.29) is 11.9 Å². The molecular formula is C16H33BN2O5. The molecule has 8 heteroatoms. The van der Waals surface area contributed by atoms with Crippen molar-refractivity contribution in [1.82, 2.24) is 10.6 Å². The quantitative estimate of drug-likeness (QED) is 0.331. The SMILES string of the molecule is CC(C)CC(=O)NC1CCNC(C(=O)O)C1.CCCCCB(O)O. The summed E-state index contributed by atoms with van der Waals surface area (Å²) in [7, 11) is -1.10. The van der Waals surface area contributed by atoms with Crippen LogP contribution in [0.2, 0.25) is 6.32 Å². The molecule has 1 heterocycles. The van der Waals surface area contributed by atoms with Gasteiger partial charge in [-0.2, -0.15) is 0 Å². The second-order valence-electron chi connectivity index (χ2n) is 6.71. The average Bonchev–Trinajstić information content (AvgIpc) is 2.47. The molecule has 0 radical (unpaired) electrons. The lowest BCUT2D eigenvalue weighted by atomic mass is 9.84. The zero-order chi connectivity index (χ0) is 18.5. The van der Waals surface area contributed by atoms with Crippen molar-refractivity contribution in [3.05, 3.63) is 0 Å². The number of hydrogen-bond donors (Lipinski definition) is 5. The van der Waals surface area contributed by atoms with Crippen molar-refractivity contribution in [2.75, 3.05) is 6.54 Å². The number of nitrogens with one attached hydrogen (secondary N) is 2. The number of piperidine rings is 1. The van der Waals surface area contributed by atoms with Gasteiger partial charge in [0.2, 0.25) is 5.91 Å². The third kappa shape index (κ3) is 12.3. The molecule has 24 heavy (non-hydrogen) atoms. The number of hydrogen-bond acceptors (Lipinski definition) is 5. The van der Waals surface area contributed by atoms with Crippen molar-refractivity contribution >= 4 is 19.0 Å². The Kier molecular flexibility index (Phi) is 12.6. The minimum atomic E-state index is -1.10. The van der Waals surface area contributed by atoms with E-state index in [9.17, 15) is 9.59 Å². The zero-order valence-electron chi connectivity index (χ0n) is 15.1. The van der Waals surface area contributed by atoms with Crippen LogP contribution in [0.3, 0.4) is 0 Å². The summed E-state index contributed by atoms with van der Waals surface area (Å²) in [6.45, 7) is 6.71. The molecule has 2 atom stereocenters. The maximum atomic E-state index is 11.5. The molecule has 0 aromatic heterocycles. The van der Waals surface area contributed by atoms with Crippen LogP contribution in [0.4, 0.5) is 0 Å². The fraction of sp³-hybridized carbons (Fsp3) is 0.875. The Morgan fingerprint density at radius 1 is 1.29 bits per heavy atom. The van der Waals surface area contributed by atoms with Gasteiger partial charge in [-0.15, -0.1) is 0 Å². The molecule has 0 aromatic carbocycles.